The van der Waals surface area contributed by atoms with E-state index in [-0.39, 0.29) is 17.1 Å². The van der Waals surface area contributed by atoms with E-state index in [1.807, 2.05) is 12.1 Å². The number of rotatable bonds is 6. The van der Waals surface area contributed by atoms with Crippen molar-refractivity contribution in [3.8, 4) is 0 Å². The summed E-state index contributed by atoms with van der Waals surface area (Å²) >= 11 is 0. The van der Waals surface area contributed by atoms with Gasteiger partial charge >= 0.3 is 5.69 Å². The lowest BCUT2D eigenvalue weighted by molar-refractivity contribution is -0.0281. The van der Waals surface area contributed by atoms with Crippen molar-refractivity contribution in [1.82, 2.24) is 9.55 Å². The van der Waals surface area contributed by atoms with Crippen LogP contribution in [0.3, 0.4) is 0 Å². The van der Waals surface area contributed by atoms with Gasteiger partial charge in [0, 0.05) is 12.3 Å². The maximum atomic E-state index is 12.3. The average Bonchev–Trinajstić information content (AvgIpc) is 3.15. The highest BCUT2D eigenvalue weighted by molar-refractivity contribution is 6.99. The number of benzene rings is 2. The lowest BCUT2D eigenvalue weighted by Crippen LogP contribution is -2.67. The molecule has 7 heteroatoms. The molecule has 3 aromatic rings. The van der Waals surface area contributed by atoms with Gasteiger partial charge in [-0.1, -0.05) is 88.4 Å². The molecule has 0 unspecified atom stereocenters. The van der Waals surface area contributed by atoms with E-state index in [0.717, 1.165) is 0 Å². The number of nitrogens with zero attached hydrogens (tertiary/aromatic N) is 1. The molecule has 1 aromatic heterocycles. The first-order valence-electron chi connectivity index (χ1n) is 11.4. The summed E-state index contributed by atoms with van der Waals surface area (Å²) in [6, 6.07) is 22.4. The average molecular weight is 465 g/mol. The van der Waals surface area contributed by atoms with Crippen LogP contribution in [0, 0.1) is 5.92 Å². The summed E-state index contributed by atoms with van der Waals surface area (Å²) in [5.41, 5.74) is -0.859. The molecule has 4 rings (SSSR count). The molecule has 33 heavy (non-hydrogen) atoms. The topological polar surface area (TPSA) is 73.3 Å². The molecule has 0 spiro atoms. The highest BCUT2D eigenvalue weighted by Crippen LogP contribution is 2.38. The van der Waals surface area contributed by atoms with Gasteiger partial charge in [0.1, 0.15) is 6.23 Å². The van der Waals surface area contributed by atoms with Crippen LogP contribution >= 0.6 is 0 Å². The molecule has 2 heterocycles. The van der Waals surface area contributed by atoms with Gasteiger partial charge in [-0.05, 0) is 27.8 Å². The Labute approximate surface area is 195 Å². The highest BCUT2D eigenvalue weighted by Gasteiger charge is 2.51. The summed E-state index contributed by atoms with van der Waals surface area (Å²) in [4.78, 5) is 26.0. The zero-order valence-electron chi connectivity index (χ0n) is 19.7. The summed E-state index contributed by atoms with van der Waals surface area (Å²) < 4.78 is 14.8. The first-order chi connectivity index (χ1) is 15.7. The van der Waals surface area contributed by atoms with Gasteiger partial charge in [0.05, 0.1) is 12.7 Å². The van der Waals surface area contributed by atoms with Gasteiger partial charge in [-0.3, -0.25) is 14.3 Å². The second kappa shape index (κ2) is 9.25. The van der Waals surface area contributed by atoms with Gasteiger partial charge in [0.25, 0.3) is 13.9 Å². The van der Waals surface area contributed by atoms with Gasteiger partial charge in [-0.15, -0.1) is 0 Å². The van der Waals surface area contributed by atoms with Crippen molar-refractivity contribution in [2.24, 2.45) is 5.92 Å². The first-order valence-corrected chi connectivity index (χ1v) is 13.3. The number of H-pyrrole nitrogens is 1. The zero-order chi connectivity index (χ0) is 23.6. The molecular weight excluding hydrogens is 432 g/mol. The smallest absolute Gasteiger partial charge is 0.330 e. The fourth-order valence-electron chi connectivity index (χ4n) is 4.87. The van der Waals surface area contributed by atoms with E-state index in [4.69, 9.17) is 9.16 Å². The molecule has 1 saturated heterocycles. The highest BCUT2D eigenvalue weighted by atomic mass is 28.4. The fraction of sp³-hybridized carbons (Fsp3) is 0.385. The van der Waals surface area contributed by atoms with Crippen LogP contribution < -0.4 is 21.6 Å². The Balaban J connectivity index is 1.65. The second-order valence-corrected chi connectivity index (χ2v) is 14.1. The van der Waals surface area contributed by atoms with Gasteiger partial charge in [0.15, 0.2) is 0 Å². The monoisotopic (exact) mass is 464 g/mol. The van der Waals surface area contributed by atoms with Gasteiger partial charge in [0.2, 0.25) is 0 Å². The van der Waals surface area contributed by atoms with Crippen molar-refractivity contribution in [3.05, 3.63) is 93.8 Å². The predicted octanol–water partition coefficient (Wildman–Crippen LogP) is 3.04. The van der Waals surface area contributed by atoms with E-state index < -0.39 is 25.8 Å². The first kappa shape index (κ1) is 23.4. The molecule has 0 amide bonds. The second-order valence-electron chi connectivity index (χ2n) is 9.83. The molecule has 0 bridgehead atoms. The van der Waals surface area contributed by atoms with Gasteiger partial charge in [-0.2, -0.15) is 0 Å². The van der Waals surface area contributed by atoms with Crippen molar-refractivity contribution < 1.29 is 9.16 Å². The molecule has 6 nitrogen and oxygen atoms in total. The summed E-state index contributed by atoms with van der Waals surface area (Å²) in [5.74, 6) is 0.201. The third kappa shape index (κ3) is 4.53. The fourth-order valence-corrected chi connectivity index (χ4v) is 9.44. The van der Waals surface area contributed by atoms with Crippen molar-refractivity contribution in [3.63, 3.8) is 0 Å². The molecular formula is C26H32N2O4Si. The Hall–Kier alpha value is -2.74. The minimum absolute atomic E-state index is 0.118. The van der Waals surface area contributed by atoms with Crippen molar-refractivity contribution in [2.45, 2.75) is 51.5 Å². The third-order valence-corrected chi connectivity index (χ3v) is 11.6. The molecule has 1 aliphatic rings. The van der Waals surface area contributed by atoms with E-state index in [9.17, 15) is 9.59 Å². The number of hydrogen-bond acceptors (Lipinski definition) is 4. The SMILES string of the molecule is C[C@H]1C[C@H](n2ccc(=O)[nH]c2=O)O[C@@H]1CO[Si](c1ccccc1)(c1ccccc1)C(C)(C)C. The molecule has 3 atom stereocenters. The van der Waals surface area contributed by atoms with Crippen molar-refractivity contribution in [1.29, 1.82) is 0 Å². The largest absolute Gasteiger partial charge is 0.405 e. The minimum Gasteiger partial charge on any atom is -0.405 e. The molecule has 1 N–H and O–H groups in total. The summed E-state index contributed by atoms with van der Waals surface area (Å²) in [7, 11) is -2.66. The number of nitrogens with one attached hydrogen (secondary N) is 1. The van der Waals surface area contributed by atoms with Crippen LogP contribution in [-0.2, 0) is 9.16 Å². The van der Waals surface area contributed by atoms with Crippen LogP contribution in [0.2, 0.25) is 5.04 Å². The Morgan fingerprint density at radius 3 is 2.09 bits per heavy atom. The quantitative estimate of drug-likeness (QED) is 0.569. The minimum atomic E-state index is -2.66. The van der Waals surface area contributed by atoms with Gasteiger partial charge in [-0.25, -0.2) is 4.79 Å². The third-order valence-electron chi connectivity index (χ3n) is 6.58. The molecule has 1 aliphatic heterocycles. The normalized spacial score (nSPS) is 21.3. The molecule has 2 aromatic carbocycles. The van der Waals surface area contributed by atoms with Crippen LogP contribution in [0.1, 0.15) is 40.3 Å². The van der Waals surface area contributed by atoms with Crippen molar-refractivity contribution in [2.75, 3.05) is 6.61 Å². The number of hydrogen-bond donors (Lipinski definition) is 1. The maximum Gasteiger partial charge on any atom is 0.330 e. The molecule has 0 saturated carbocycles. The van der Waals surface area contributed by atoms with Crippen LogP contribution in [0.15, 0.2) is 82.5 Å². The standard InChI is InChI=1S/C26H32N2O4Si/c1-19-17-24(28-16-15-23(29)27-25(28)30)32-22(19)18-31-33(26(2,3)4,20-11-7-5-8-12-20)21-13-9-6-10-14-21/h5-16,19,22,24H,17-18H2,1-4H3,(H,27,29,30)/t19-,22+,24+/m0/s1. The summed E-state index contributed by atoms with van der Waals surface area (Å²) in [6.07, 6.45) is 1.61. The van der Waals surface area contributed by atoms with Crippen LogP contribution in [0.25, 0.3) is 0 Å². The van der Waals surface area contributed by atoms with E-state index in [2.05, 4.69) is 81.2 Å². The number of aromatic amines is 1. The summed E-state index contributed by atoms with van der Waals surface area (Å²) in [6.45, 7) is 9.31. The number of aromatic nitrogens is 2. The van der Waals surface area contributed by atoms with Crippen molar-refractivity contribution >= 4 is 18.7 Å². The zero-order valence-corrected chi connectivity index (χ0v) is 20.7. The Morgan fingerprint density at radius 1 is 1.00 bits per heavy atom. The summed E-state index contributed by atoms with van der Waals surface area (Å²) in [5, 5.41) is 2.33. The molecule has 0 radical (unpaired) electrons. The lowest BCUT2D eigenvalue weighted by Gasteiger charge is -2.43. The van der Waals surface area contributed by atoms with E-state index in [0.29, 0.717) is 13.0 Å². The maximum absolute atomic E-state index is 12.3. The van der Waals surface area contributed by atoms with Crippen LogP contribution in [0.5, 0.6) is 0 Å². The predicted molar refractivity (Wildman–Crippen MR) is 133 cm³/mol. The van der Waals surface area contributed by atoms with E-state index in [1.54, 1.807) is 0 Å². The van der Waals surface area contributed by atoms with Crippen LogP contribution in [0.4, 0.5) is 0 Å². The Bertz CT molecular complexity index is 1140. The molecule has 1 fully saturated rings. The number of ether oxygens (including phenoxy) is 1. The Morgan fingerprint density at radius 2 is 1.58 bits per heavy atom. The van der Waals surface area contributed by atoms with Gasteiger partial charge < -0.3 is 9.16 Å². The molecule has 0 aliphatic carbocycles. The Kier molecular flexibility index (Phi) is 6.56. The lowest BCUT2D eigenvalue weighted by atomic mass is 10.0. The van der Waals surface area contributed by atoms with E-state index >= 15 is 0 Å². The molecule has 174 valence electrons. The van der Waals surface area contributed by atoms with E-state index in [1.165, 1.54) is 27.2 Å². The van der Waals surface area contributed by atoms with Crippen LogP contribution in [-0.4, -0.2) is 30.6 Å².